The van der Waals surface area contributed by atoms with E-state index in [9.17, 15) is 4.79 Å². The van der Waals surface area contributed by atoms with E-state index in [1.807, 2.05) is 13.0 Å². The summed E-state index contributed by atoms with van der Waals surface area (Å²) in [6.45, 7) is 6.75. The first-order chi connectivity index (χ1) is 7.99. The van der Waals surface area contributed by atoms with Crippen LogP contribution in [0.2, 0.25) is 0 Å². The van der Waals surface area contributed by atoms with E-state index in [4.69, 9.17) is 0 Å². The Morgan fingerprint density at radius 1 is 1.53 bits per heavy atom. The third kappa shape index (κ3) is 5.28. The molecule has 17 heavy (non-hydrogen) atoms. The van der Waals surface area contributed by atoms with Gasteiger partial charge in [0.25, 0.3) is 0 Å². The molecule has 0 aliphatic heterocycles. The summed E-state index contributed by atoms with van der Waals surface area (Å²) in [7, 11) is 0. The number of aromatic nitrogens is 1. The van der Waals surface area contributed by atoms with Gasteiger partial charge < -0.3 is 10.6 Å². The molecule has 0 saturated heterocycles. The first-order valence-electron chi connectivity index (χ1n) is 5.64. The van der Waals surface area contributed by atoms with Crippen molar-refractivity contribution in [3.05, 3.63) is 22.3 Å². The third-order valence-corrected chi connectivity index (χ3v) is 3.05. The predicted molar refractivity (Wildman–Crippen MR) is 73.1 cm³/mol. The number of carbonyl (C=O) groups is 1. The number of hydrogen-bond donors (Lipinski definition) is 2. The number of nitrogens with one attached hydrogen (secondary N) is 2. The van der Waals surface area contributed by atoms with Gasteiger partial charge in [-0.2, -0.15) is 0 Å². The molecule has 2 N–H and O–H groups in total. The van der Waals surface area contributed by atoms with Crippen LogP contribution in [0.25, 0.3) is 0 Å². The molecule has 0 aliphatic rings. The summed E-state index contributed by atoms with van der Waals surface area (Å²) in [4.78, 5) is 15.7. The predicted octanol–water partition coefficient (Wildman–Crippen LogP) is 2.48. The molecule has 1 heterocycles. The Kier molecular flexibility index (Phi) is 5.58. The second-order valence-corrected chi connectivity index (χ2v) is 5.08. The SMILES string of the molecule is Cc1cc(NC(=O)CCNC(C)C)ncc1Br. The summed E-state index contributed by atoms with van der Waals surface area (Å²) in [5.41, 5.74) is 1.05. The molecule has 94 valence electrons. The minimum atomic E-state index is -0.0210. The van der Waals surface area contributed by atoms with E-state index in [1.54, 1.807) is 6.20 Å². The van der Waals surface area contributed by atoms with E-state index in [2.05, 4.69) is 45.4 Å². The zero-order valence-corrected chi connectivity index (χ0v) is 12.0. The molecular weight excluding hydrogens is 282 g/mol. The van der Waals surface area contributed by atoms with Gasteiger partial charge in [-0.25, -0.2) is 4.98 Å². The number of aryl methyl sites for hydroxylation is 1. The molecule has 1 aromatic rings. The van der Waals surface area contributed by atoms with Crippen molar-refractivity contribution in [2.24, 2.45) is 0 Å². The maximum absolute atomic E-state index is 11.6. The lowest BCUT2D eigenvalue weighted by atomic mass is 10.3. The summed E-state index contributed by atoms with van der Waals surface area (Å²) < 4.78 is 0.942. The fourth-order valence-corrected chi connectivity index (χ4v) is 1.50. The van der Waals surface area contributed by atoms with Gasteiger partial charge in [0.05, 0.1) is 0 Å². The monoisotopic (exact) mass is 299 g/mol. The molecule has 1 aromatic heterocycles. The highest BCUT2D eigenvalue weighted by Gasteiger charge is 2.04. The van der Waals surface area contributed by atoms with E-state index in [-0.39, 0.29) is 5.91 Å². The lowest BCUT2D eigenvalue weighted by Gasteiger charge is -2.08. The van der Waals surface area contributed by atoms with E-state index < -0.39 is 0 Å². The molecule has 0 atom stereocenters. The quantitative estimate of drug-likeness (QED) is 0.878. The Bertz CT molecular complexity index is 393. The van der Waals surface area contributed by atoms with Gasteiger partial charge in [0.2, 0.25) is 5.91 Å². The van der Waals surface area contributed by atoms with Gasteiger partial charge in [0, 0.05) is 29.7 Å². The standard InChI is InChI=1S/C12H18BrN3O/c1-8(2)14-5-4-12(17)16-11-6-9(3)10(13)7-15-11/h6-8,14H,4-5H2,1-3H3,(H,15,16,17). The number of halogens is 1. The molecule has 0 saturated carbocycles. The second kappa shape index (κ2) is 6.71. The number of amides is 1. The van der Waals surface area contributed by atoms with Gasteiger partial charge in [-0.3, -0.25) is 4.79 Å². The number of rotatable bonds is 5. The Morgan fingerprint density at radius 3 is 2.82 bits per heavy atom. The van der Waals surface area contributed by atoms with E-state index >= 15 is 0 Å². The second-order valence-electron chi connectivity index (χ2n) is 4.23. The van der Waals surface area contributed by atoms with Crippen molar-refractivity contribution in [3.63, 3.8) is 0 Å². The van der Waals surface area contributed by atoms with Crippen molar-refractivity contribution in [2.45, 2.75) is 33.2 Å². The molecule has 5 heteroatoms. The van der Waals surface area contributed by atoms with Gasteiger partial charge in [-0.1, -0.05) is 13.8 Å². The van der Waals surface area contributed by atoms with Crippen LogP contribution in [0.5, 0.6) is 0 Å². The maximum atomic E-state index is 11.6. The molecule has 0 radical (unpaired) electrons. The zero-order valence-electron chi connectivity index (χ0n) is 10.4. The van der Waals surface area contributed by atoms with Crippen molar-refractivity contribution in [1.82, 2.24) is 10.3 Å². The lowest BCUT2D eigenvalue weighted by Crippen LogP contribution is -2.27. The minimum absolute atomic E-state index is 0.0210. The fraction of sp³-hybridized carbons (Fsp3) is 0.500. The Morgan fingerprint density at radius 2 is 2.24 bits per heavy atom. The lowest BCUT2D eigenvalue weighted by molar-refractivity contribution is -0.116. The average molecular weight is 300 g/mol. The van der Waals surface area contributed by atoms with Gasteiger partial charge in [0.1, 0.15) is 5.82 Å². The number of nitrogens with zero attached hydrogens (tertiary/aromatic N) is 1. The van der Waals surface area contributed by atoms with Crippen molar-refractivity contribution in [1.29, 1.82) is 0 Å². The van der Waals surface area contributed by atoms with Gasteiger partial charge in [-0.15, -0.1) is 0 Å². The molecule has 0 spiro atoms. The summed E-state index contributed by atoms with van der Waals surface area (Å²) in [6.07, 6.45) is 2.15. The molecular formula is C12H18BrN3O. The normalized spacial score (nSPS) is 10.6. The van der Waals surface area contributed by atoms with Crippen LogP contribution in [-0.4, -0.2) is 23.5 Å². The molecule has 0 bridgehead atoms. The number of hydrogen-bond acceptors (Lipinski definition) is 3. The first-order valence-corrected chi connectivity index (χ1v) is 6.43. The number of carbonyl (C=O) groups excluding carboxylic acids is 1. The van der Waals surface area contributed by atoms with Crippen LogP contribution in [0.15, 0.2) is 16.7 Å². The van der Waals surface area contributed by atoms with Gasteiger partial charge >= 0.3 is 0 Å². The van der Waals surface area contributed by atoms with Crippen molar-refractivity contribution in [3.8, 4) is 0 Å². The largest absolute Gasteiger partial charge is 0.314 e. The summed E-state index contributed by atoms with van der Waals surface area (Å²) >= 11 is 3.37. The maximum Gasteiger partial charge on any atom is 0.226 e. The van der Waals surface area contributed by atoms with Gasteiger partial charge in [0.15, 0.2) is 0 Å². The highest BCUT2D eigenvalue weighted by atomic mass is 79.9. The van der Waals surface area contributed by atoms with Crippen LogP contribution in [0.1, 0.15) is 25.8 Å². The van der Waals surface area contributed by atoms with Crippen LogP contribution < -0.4 is 10.6 Å². The van der Waals surface area contributed by atoms with Crippen LogP contribution in [0, 0.1) is 6.92 Å². The van der Waals surface area contributed by atoms with Crippen LogP contribution in [0.3, 0.4) is 0 Å². The van der Waals surface area contributed by atoms with E-state index in [0.29, 0.717) is 24.8 Å². The van der Waals surface area contributed by atoms with Crippen LogP contribution >= 0.6 is 15.9 Å². The molecule has 0 aromatic carbocycles. The average Bonchev–Trinajstić information content (AvgIpc) is 2.23. The molecule has 4 nitrogen and oxygen atoms in total. The third-order valence-electron chi connectivity index (χ3n) is 2.22. The number of anilines is 1. The summed E-state index contributed by atoms with van der Waals surface area (Å²) in [5.74, 6) is 0.576. The minimum Gasteiger partial charge on any atom is -0.314 e. The van der Waals surface area contributed by atoms with E-state index in [0.717, 1.165) is 10.0 Å². The van der Waals surface area contributed by atoms with Crippen molar-refractivity contribution < 1.29 is 4.79 Å². The van der Waals surface area contributed by atoms with Crippen molar-refractivity contribution >= 4 is 27.7 Å². The van der Waals surface area contributed by atoms with Gasteiger partial charge in [-0.05, 0) is 34.5 Å². The molecule has 0 fully saturated rings. The van der Waals surface area contributed by atoms with Crippen LogP contribution in [0.4, 0.5) is 5.82 Å². The van der Waals surface area contributed by atoms with Crippen molar-refractivity contribution in [2.75, 3.05) is 11.9 Å². The van der Waals surface area contributed by atoms with E-state index in [1.165, 1.54) is 0 Å². The highest BCUT2D eigenvalue weighted by molar-refractivity contribution is 9.10. The first kappa shape index (κ1) is 14.1. The smallest absolute Gasteiger partial charge is 0.226 e. The fourth-order valence-electron chi connectivity index (χ4n) is 1.29. The highest BCUT2D eigenvalue weighted by Crippen LogP contribution is 2.17. The topological polar surface area (TPSA) is 54.0 Å². The van der Waals surface area contributed by atoms with Crippen LogP contribution in [-0.2, 0) is 4.79 Å². The number of pyridine rings is 1. The summed E-state index contributed by atoms with van der Waals surface area (Å²) in [6, 6.07) is 2.24. The Hall–Kier alpha value is -0.940. The Labute approximate surface area is 110 Å². The zero-order chi connectivity index (χ0) is 12.8. The summed E-state index contributed by atoms with van der Waals surface area (Å²) in [5, 5.41) is 5.97. The molecule has 0 unspecified atom stereocenters. The Balaban J connectivity index is 2.42. The molecule has 1 amide bonds. The molecule has 0 aliphatic carbocycles. The molecule has 1 rings (SSSR count).